The molecular weight excluding hydrogens is 178 g/mol. The number of carbonyl (C=O) groups excluding carboxylic acids is 1. The molecule has 0 unspecified atom stereocenters. The summed E-state index contributed by atoms with van der Waals surface area (Å²) in [6.07, 6.45) is 0.926. The van der Waals surface area contributed by atoms with E-state index in [1.54, 1.807) is 0 Å². The fourth-order valence-electron chi connectivity index (χ4n) is 1.08. The van der Waals surface area contributed by atoms with Crippen LogP contribution < -0.4 is 0 Å². The minimum atomic E-state index is -0.180. The Hall–Kier alpha value is -0.830. The Labute approximate surface area is 86.7 Å². The predicted molar refractivity (Wildman–Crippen MR) is 58.2 cm³/mol. The van der Waals surface area contributed by atoms with Gasteiger partial charge in [0.25, 0.3) is 0 Å². The first-order valence-corrected chi connectivity index (χ1v) is 4.92. The molecule has 0 saturated carbocycles. The molecule has 14 heavy (non-hydrogen) atoms. The van der Waals surface area contributed by atoms with E-state index in [2.05, 4.69) is 30.1 Å². The standard InChI is InChI=1S/C11H21NO2/c1-9(2)6-7-12(10(3)4)8-11(13)14-5/h10H,1,6-8H2,2-5H3. The highest BCUT2D eigenvalue weighted by atomic mass is 16.5. The van der Waals surface area contributed by atoms with E-state index in [0.29, 0.717) is 12.6 Å². The molecule has 0 bridgehead atoms. The Morgan fingerprint density at radius 1 is 1.50 bits per heavy atom. The Balaban J connectivity index is 4.02. The summed E-state index contributed by atoms with van der Waals surface area (Å²) in [6, 6.07) is 0.355. The van der Waals surface area contributed by atoms with Crippen LogP contribution in [-0.4, -0.2) is 37.1 Å². The van der Waals surface area contributed by atoms with Gasteiger partial charge in [0, 0.05) is 12.6 Å². The molecule has 0 aliphatic heterocycles. The fraction of sp³-hybridized carbons (Fsp3) is 0.727. The number of methoxy groups -OCH3 is 1. The fourth-order valence-corrected chi connectivity index (χ4v) is 1.08. The summed E-state index contributed by atoms with van der Waals surface area (Å²) in [6.45, 7) is 11.2. The van der Waals surface area contributed by atoms with Gasteiger partial charge < -0.3 is 4.74 Å². The van der Waals surface area contributed by atoms with Crippen molar-refractivity contribution >= 4 is 5.97 Å². The number of ether oxygens (including phenoxy) is 1. The molecule has 0 spiro atoms. The van der Waals surface area contributed by atoms with Crippen LogP contribution >= 0.6 is 0 Å². The summed E-state index contributed by atoms with van der Waals surface area (Å²) in [5.74, 6) is -0.180. The molecule has 0 aliphatic carbocycles. The van der Waals surface area contributed by atoms with E-state index in [-0.39, 0.29) is 5.97 Å². The van der Waals surface area contributed by atoms with Crippen LogP contribution in [0.1, 0.15) is 27.2 Å². The van der Waals surface area contributed by atoms with Crippen LogP contribution in [0.4, 0.5) is 0 Å². The molecule has 0 rings (SSSR count). The zero-order valence-corrected chi connectivity index (χ0v) is 9.67. The van der Waals surface area contributed by atoms with Crippen LogP contribution in [0.3, 0.4) is 0 Å². The maximum absolute atomic E-state index is 11.1. The van der Waals surface area contributed by atoms with Crippen LogP contribution in [0.15, 0.2) is 12.2 Å². The van der Waals surface area contributed by atoms with Crippen molar-refractivity contribution in [3.8, 4) is 0 Å². The van der Waals surface area contributed by atoms with E-state index < -0.39 is 0 Å². The molecular formula is C11H21NO2. The van der Waals surface area contributed by atoms with Crippen molar-refractivity contribution in [2.24, 2.45) is 0 Å². The highest BCUT2D eigenvalue weighted by molar-refractivity contribution is 5.71. The molecule has 0 aliphatic rings. The predicted octanol–water partition coefficient (Wildman–Crippen LogP) is 1.84. The average Bonchev–Trinajstić information content (AvgIpc) is 2.10. The van der Waals surface area contributed by atoms with Gasteiger partial charge in [0.1, 0.15) is 0 Å². The van der Waals surface area contributed by atoms with Crippen molar-refractivity contribution in [2.75, 3.05) is 20.2 Å². The molecule has 0 fully saturated rings. The van der Waals surface area contributed by atoms with Crippen molar-refractivity contribution in [3.05, 3.63) is 12.2 Å². The topological polar surface area (TPSA) is 29.5 Å². The van der Waals surface area contributed by atoms with E-state index in [9.17, 15) is 4.79 Å². The van der Waals surface area contributed by atoms with E-state index in [1.807, 2.05) is 6.92 Å². The number of nitrogens with zero attached hydrogens (tertiary/aromatic N) is 1. The summed E-state index contributed by atoms with van der Waals surface area (Å²) >= 11 is 0. The second kappa shape index (κ2) is 6.60. The average molecular weight is 199 g/mol. The van der Waals surface area contributed by atoms with Crippen molar-refractivity contribution in [1.82, 2.24) is 4.90 Å². The molecule has 0 saturated heterocycles. The summed E-state index contributed by atoms with van der Waals surface area (Å²) in [5, 5.41) is 0. The third-order valence-corrected chi connectivity index (χ3v) is 2.12. The number of carbonyl (C=O) groups is 1. The zero-order chi connectivity index (χ0) is 11.1. The minimum absolute atomic E-state index is 0.180. The molecule has 3 heteroatoms. The Bertz CT molecular complexity index is 199. The maximum atomic E-state index is 11.1. The molecule has 0 N–H and O–H groups in total. The van der Waals surface area contributed by atoms with Crippen LogP contribution in [0.25, 0.3) is 0 Å². The second-order valence-corrected chi connectivity index (χ2v) is 3.85. The van der Waals surface area contributed by atoms with Gasteiger partial charge in [0.05, 0.1) is 13.7 Å². The zero-order valence-electron chi connectivity index (χ0n) is 9.67. The van der Waals surface area contributed by atoms with Crippen LogP contribution in [0, 0.1) is 0 Å². The second-order valence-electron chi connectivity index (χ2n) is 3.85. The SMILES string of the molecule is C=C(C)CCN(CC(=O)OC)C(C)C. The van der Waals surface area contributed by atoms with Gasteiger partial charge in [-0.2, -0.15) is 0 Å². The first-order chi connectivity index (χ1) is 6.47. The lowest BCUT2D eigenvalue weighted by Gasteiger charge is -2.24. The van der Waals surface area contributed by atoms with Crippen LogP contribution in [0.5, 0.6) is 0 Å². The van der Waals surface area contributed by atoms with Gasteiger partial charge in [-0.3, -0.25) is 9.69 Å². The van der Waals surface area contributed by atoms with E-state index in [0.717, 1.165) is 18.5 Å². The Morgan fingerprint density at radius 3 is 2.43 bits per heavy atom. The lowest BCUT2D eigenvalue weighted by molar-refractivity contribution is -0.142. The highest BCUT2D eigenvalue weighted by Crippen LogP contribution is 2.04. The number of hydrogen-bond acceptors (Lipinski definition) is 3. The van der Waals surface area contributed by atoms with Gasteiger partial charge in [0.15, 0.2) is 0 Å². The van der Waals surface area contributed by atoms with E-state index >= 15 is 0 Å². The monoisotopic (exact) mass is 199 g/mol. The van der Waals surface area contributed by atoms with Gasteiger partial charge in [-0.15, -0.1) is 6.58 Å². The van der Waals surface area contributed by atoms with E-state index in [4.69, 9.17) is 0 Å². The Morgan fingerprint density at radius 2 is 2.07 bits per heavy atom. The number of rotatable bonds is 6. The maximum Gasteiger partial charge on any atom is 0.319 e. The first kappa shape index (κ1) is 13.2. The molecule has 0 radical (unpaired) electrons. The van der Waals surface area contributed by atoms with Gasteiger partial charge in [-0.1, -0.05) is 5.57 Å². The third kappa shape index (κ3) is 5.75. The van der Waals surface area contributed by atoms with Gasteiger partial charge in [-0.25, -0.2) is 0 Å². The lowest BCUT2D eigenvalue weighted by atomic mass is 10.2. The minimum Gasteiger partial charge on any atom is -0.468 e. The quantitative estimate of drug-likeness (QED) is 0.483. The molecule has 0 atom stereocenters. The summed E-state index contributed by atoms with van der Waals surface area (Å²) < 4.78 is 4.63. The molecule has 0 aromatic rings. The third-order valence-electron chi connectivity index (χ3n) is 2.12. The first-order valence-electron chi connectivity index (χ1n) is 4.92. The van der Waals surface area contributed by atoms with Crippen LogP contribution in [0.2, 0.25) is 0 Å². The largest absolute Gasteiger partial charge is 0.468 e. The van der Waals surface area contributed by atoms with Crippen molar-refractivity contribution < 1.29 is 9.53 Å². The number of esters is 1. The summed E-state index contributed by atoms with van der Waals surface area (Å²) in [5.41, 5.74) is 1.14. The molecule has 82 valence electrons. The van der Waals surface area contributed by atoms with Crippen molar-refractivity contribution in [1.29, 1.82) is 0 Å². The molecule has 0 amide bonds. The van der Waals surface area contributed by atoms with Crippen molar-refractivity contribution in [3.63, 3.8) is 0 Å². The van der Waals surface area contributed by atoms with E-state index in [1.165, 1.54) is 7.11 Å². The smallest absolute Gasteiger partial charge is 0.319 e. The number of hydrogen-bond donors (Lipinski definition) is 0. The molecule has 0 heterocycles. The molecule has 3 nitrogen and oxygen atoms in total. The van der Waals surface area contributed by atoms with Gasteiger partial charge >= 0.3 is 5.97 Å². The lowest BCUT2D eigenvalue weighted by Crippen LogP contribution is -2.37. The van der Waals surface area contributed by atoms with Gasteiger partial charge in [0.2, 0.25) is 0 Å². The van der Waals surface area contributed by atoms with Gasteiger partial charge in [-0.05, 0) is 27.2 Å². The molecule has 0 aromatic heterocycles. The highest BCUT2D eigenvalue weighted by Gasteiger charge is 2.13. The Kier molecular flexibility index (Phi) is 6.21. The summed E-state index contributed by atoms with van der Waals surface area (Å²) in [4.78, 5) is 13.2. The van der Waals surface area contributed by atoms with Crippen molar-refractivity contribution in [2.45, 2.75) is 33.2 Å². The normalized spacial score (nSPS) is 10.7. The molecule has 0 aromatic carbocycles. The summed E-state index contributed by atoms with van der Waals surface area (Å²) in [7, 11) is 1.42. The van der Waals surface area contributed by atoms with Crippen LogP contribution in [-0.2, 0) is 9.53 Å².